The van der Waals surface area contributed by atoms with Crippen molar-refractivity contribution in [2.24, 2.45) is 5.73 Å². The van der Waals surface area contributed by atoms with Gasteiger partial charge in [-0.05, 0) is 45.1 Å². The van der Waals surface area contributed by atoms with Crippen LogP contribution >= 0.6 is 0 Å². The second kappa shape index (κ2) is 8.60. The molecule has 2 fully saturated rings. The number of likely N-dealkylation sites (tertiary alicyclic amines) is 2. The number of nitrogens with two attached hydrogens (primary N) is 1. The van der Waals surface area contributed by atoms with Gasteiger partial charge in [-0.1, -0.05) is 0 Å². The molecule has 1 amide bonds. The fourth-order valence-corrected chi connectivity index (χ4v) is 3.00. The highest BCUT2D eigenvalue weighted by Crippen LogP contribution is 2.15. The smallest absolute Gasteiger partial charge is 0.236 e. The molecule has 116 valence electrons. The van der Waals surface area contributed by atoms with E-state index in [9.17, 15) is 4.79 Å². The highest BCUT2D eigenvalue weighted by Gasteiger charge is 2.23. The largest absolute Gasteiger partial charge is 0.378 e. The summed E-state index contributed by atoms with van der Waals surface area (Å²) in [6, 6.07) is 0. The SMILES string of the molecule is NCCCOC1CCN(CC(=O)N2CCCCC2)CC1. The normalized spacial score (nSPS) is 22.1. The predicted octanol–water partition coefficient (Wildman–Crippen LogP) is 0.829. The van der Waals surface area contributed by atoms with Crippen molar-refractivity contribution in [3.8, 4) is 0 Å². The van der Waals surface area contributed by atoms with Gasteiger partial charge in [0.05, 0.1) is 12.6 Å². The summed E-state index contributed by atoms with van der Waals surface area (Å²) in [6.07, 6.45) is 6.99. The molecule has 2 N–H and O–H groups in total. The van der Waals surface area contributed by atoms with E-state index in [0.717, 1.165) is 52.0 Å². The minimum absolute atomic E-state index is 0.312. The maximum absolute atomic E-state index is 12.2. The molecule has 2 aliphatic rings. The number of hydrogen-bond acceptors (Lipinski definition) is 4. The summed E-state index contributed by atoms with van der Waals surface area (Å²) in [5.41, 5.74) is 5.46. The number of nitrogens with zero attached hydrogens (tertiary/aromatic N) is 2. The molecule has 2 rings (SSSR count). The standard InChI is InChI=1S/C15H29N3O2/c16-7-4-12-20-14-5-10-17(11-6-14)13-15(19)18-8-2-1-3-9-18/h14H,1-13,16H2. The third kappa shape index (κ3) is 5.04. The Morgan fingerprint density at radius 2 is 1.80 bits per heavy atom. The van der Waals surface area contributed by atoms with E-state index in [2.05, 4.69) is 4.90 Å². The van der Waals surface area contributed by atoms with Gasteiger partial charge in [0.1, 0.15) is 0 Å². The molecule has 0 aromatic carbocycles. The van der Waals surface area contributed by atoms with Gasteiger partial charge in [-0.2, -0.15) is 0 Å². The fraction of sp³-hybridized carbons (Fsp3) is 0.933. The zero-order chi connectivity index (χ0) is 14.2. The maximum Gasteiger partial charge on any atom is 0.236 e. The van der Waals surface area contributed by atoms with Gasteiger partial charge in [0.15, 0.2) is 0 Å². The van der Waals surface area contributed by atoms with E-state index in [0.29, 0.717) is 25.1 Å². The van der Waals surface area contributed by atoms with Gasteiger partial charge in [-0.25, -0.2) is 0 Å². The average Bonchev–Trinajstić information content (AvgIpc) is 2.50. The molecular weight excluding hydrogens is 254 g/mol. The predicted molar refractivity (Wildman–Crippen MR) is 79.5 cm³/mol. The van der Waals surface area contributed by atoms with Gasteiger partial charge < -0.3 is 15.4 Å². The summed E-state index contributed by atoms with van der Waals surface area (Å²) in [7, 11) is 0. The lowest BCUT2D eigenvalue weighted by Crippen LogP contribution is -2.46. The average molecular weight is 283 g/mol. The maximum atomic E-state index is 12.2. The summed E-state index contributed by atoms with van der Waals surface area (Å²) in [4.78, 5) is 16.5. The molecule has 0 bridgehead atoms. The van der Waals surface area contributed by atoms with Crippen LogP contribution in [-0.2, 0) is 9.53 Å². The van der Waals surface area contributed by atoms with Gasteiger partial charge >= 0.3 is 0 Å². The van der Waals surface area contributed by atoms with Crippen molar-refractivity contribution in [3.05, 3.63) is 0 Å². The van der Waals surface area contributed by atoms with Gasteiger partial charge in [-0.3, -0.25) is 9.69 Å². The summed E-state index contributed by atoms with van der Waals surface area (Å²) in [5.74, 6) is 0.312. The van der Waals surface area contributed by atoms with Crippen LogP contribution in [0.1, 0.15) is 38.5 Å². The fourth-order valence-electron chi connectivity index (χ4n) is 3.00. The van der Waals surface area contributed by atoms with Gasteiger partial charge in [0, 0.05) is 32.8 Å². The van der Waals surface area contributed by atoms with Crippen molar-refractivity contribution in [3.63, 3.8) is 0 Å². The molecule has 0 saturated carbocycles. The highest BCUT2D eigenvalue weighted by molar-refractivity contribution is 5.78. The summed E-state index contributed by atoms with van der Waals surface area (Å²) >= 11 is 0. The first-order valence-electron chi connectivity index (χ1n) is 8.11. The minimum Gasteiger partial charge on any atom is -0.378 e. The Morgan fingerprint density at radius 3 is 2.45 bits per heavy atom. The highest BCUT2D eigenvalue weighted by atomic mass is 16.5. The zero-order valence-corrected chi connectivity index (χ0v) is 12.6. The Morgan fingerprint density at radius 1 is 1.10 bits per heavy atom. The van der Waals surface area contributed by atoms with Crippen molar-refractivity contribution in [2.75, 3.05) is 45.9 Å². The van der Waals surface area contributed by atoms with Crippen LogP contribution in [0.3, 0.4) is 0 Å². The molecule has 2 aliphatic heterocycles. The first-order chi connectivity index (χ1) is 9.79. The van der Waals surface area contributed by atoms with E-state index >= 15 is 0 Å². The molecule has 5 heteroatoms. The Labute approximate surface area is 122 Å². The molecule has 0 radical (unpaired) electrons. The third-order valence-electron chi connectivity index (χ3n) is 4.30. The molecule has 0 aromatic rings. The number of carbonyl (C=O) groups excluding carboxylic acids is 1. The van der Waals surface area contributed by atoms with Crippen molar-refractivity contribution >= 4 is 5.91 Å². The zero-order valence-electron chi connectivity index (χ0n) is 12.6. The number of amides is 1. The summed E-state index contributed by atoms with van der Waals surface area (Å²) in [5, 5.41) is 0. The van der Waals surface area contributed by atoms with Crippen molar-refractivity contribution in [2.45, 2.75) is 44.6 Å². The molecule has 0 unspecified atom stereocenters. The van der Waals surface area contributed by atoms with Crippen LogP contribution in [0.4, 0.5) is 0 Å². The number of ether oxygens (including phenoxy) is 1. The van der Waals surface area contributed by atoms with Gasteiger partial charge in [0.25, 0.3) is 0 Å². The Kier molecular flexibility index (Phi) is 6.76. The van der Waals surface area contributed by atoms with E-state index in [1.165, 1.54) is 19.3 Å². The minimum atomic E-state index is 0.312. The monoisotopic (exact) mass is 283 g/mol. The summed E-state index contributed by atoms with van der Waals surface area (Å²) in [6.45, 7) is 5.93. The molecular formula is C15H29N3O2. The molecule has 0 aliphatic carbocycles. The molecule has 0 atom stereocenters. The van der Waals surface area contributed by atoms with E-state index in [4.69, 9.17) is 10.5 Å². The quantitative estimate of drug-likeness (QED) is 0.734. The molecule has 0 aromatic heterocycles. The molecule has 2 saturated heterocycles. The van der Waals surface area contributed by atoms with Crippen molar-refractivity contribution in [1.29, 1.82) is 0 Å². The van der Waals surface area contributed by atoms with Crippen LogP contribution in [0, 0.1) is 0 Å². The number of piperidine rings is 2. The second-order valence-electron chi connectivity index (χ2n) is 5.93. The Hall–Kier alpha value is -0.650. The van der Waals surface area contributed by atoms with Gasteiger partial charge in [0.2, 0.25) is 5.91 Å². The van der Waals surface area contributed by atoms with Gasteiger partial charge in [-0.15, -0.1) is 0 Å². The third-order valence-corrected chi connectivity index (χ3v) is 4.30. The molecule has 0 spiro atoms. The molecule has 5 nitrogen and oxygen atoms in total. The van der Waals surface area contributed by atoms with E-state index in [1.54, 1.807) is 0 Å². The first-order valence-corrected chi connectivity index (χ1v) is 8.11. The van der Waals surface area contributed by atoms with Crippen LogP contribution in [0.5, 0.6) is 0 Å². The van der Waals surface area contributed by atoms with Crippen LogP contribution in [-0.4, -0.2) is 67.7 Å². The Bertz CT molecular complexity index is 285. The lowest BCUT2D eigenvalue weighted by atomic mass is 10.1. The molecule has 20 heavy (non-hydrogen) atoms. The van der Waals surface area contributed by atoms with Crippen molar-refractivity contribution < 1.29 is 9.53 Å². The number of hydrogen-bond donors (Lipinski definition) is 1. The van der Waals surface area contributed by atoms with E-state index < -0.39 is 0 Å². The first kappa shape index (κ1) is 15.7. The summed E-state index contributed by atoms with van der Waals surface area (Å²) < 4.78 is 5.79. The van der Waals surface area contributed by atoms with E-state index in [1.807, 2.05) is 4.90 Å². The second-order valence-corrected chi connectivity index (χ2v) is 5.93. The van der Waals surface area contributed by atoms with Crippen LogP contribution in [0.15, 0.2) is 0 Å². The van der Waals surface area contributed by atoms with Crippen LogP contribution in [0.2, 0.25) is 0 Å². The van der Waals surface area contributed by atoms with Crippen LogP contribution in [0.25, 0.3) is 0 Å². The van der Waals surface area contributed by atoms with E-state index in [-0.39, 0.29) is 0 Å². The topological polar surface area (TPSA) is 58.8 Å². The van der Waals surface area contributed by atoms with Crippen molar-refractivity contribution in [1.82, 2.24) is 9.80 Å². The number of rotatable bonds is 6. The van der Waals surface area contributed by atoms with Crippen LogP contribution < -0.4 is 5.73 Å². The lowest BCUT2D eigenvalue weighted by Gasteiger charge is -2.34. The molecule has 2 heterocycles. The number of carbonyl (C=O) groups is 1. The Balaban J connectivity index is 1.62. The lowest BCUT2D eigenvalue weighted by molar-refractivity contribution is -0.134.